The summed E-state index contributed by atoms with van der Waals surface area (Å²) in [6.07, 6.45) is 0.708. The quantitative estimate of drug-likeness (QED) is 0.405. The molecular formula is C25H28ClFN2O4. The molecule has 0 amide bonds. The molecule has 1 aromatic heterocycles. The van der Waals surface area contributed by atoms with Gasteiger partial charge in [0.15, 0.2) is 0 Å². The molecule has 2 aromatic carbocycles. The summed E-state index contributed by atoms with van der Waals surface area (Å²) in [6.45, 7) is 5.06. The van der Waals surface area contributed by atoms with Gasteiger partial charge in [-0.25, -0.2) is 9.18 Å². The van der Waals surface area contributed by atoms with E-state index in [0.29, 0.717) is 36.8 Å². The second kappa shape index (κ2) is 10.7. The van der Waals surface area contributed by atoms with E-state index in [0.717, 1.165) is 33.9 Å². The SMILES string of the molecule is COc1ccc(CCNCc2c(C(=O)O)c(C)n(Cc3ccc(F)cc3Cl)c2C)c(OC)c1. The van der Waals surface area contributed by atoms with Gasteiger partial charge < -0.3 is 24.5 Å². The molecule has 0 saturated heterocycles. The van der Waals surface area contributed by atoms with Crippen molar-refractivity contribution < 1.29 is 23.8 Å². The fourth-order valence-corrected chi connectivity index (χ4v) is 4.23. The molecule has 6 nitrogen and oxygen atoms in total. The van der Waals surface area contributed by atoms with Crippen molar-refractivity contribution in [2.24, 2.45) is 0 Å². The number of carboxylic acid groups (broad SMARTS) is 1. The Labute approximate surface area is 197 Å². The van der Waals surface area contributed by atoms with Crippen molar-refractivity contribution in [3.05, 3.63) is 80.9 Å². The summed E-state index contributed by atoms with van der Waals surface area (Å²) >= 11 is 6.20. The van der Waals surface area contributed by atoms with Crippen molar-refractivity contribution in [1.29, 1.82) is 0 Å². The van der Waals surface area contributed by atoms with Crippen molar-refractivity contribution in [2.45, 2.75) is 33.4 Å². The number of aromatic nitrogens is 1. The number of rotatable bonds is 10. The Bertz CT molecular complexity index is 1160. The van der Waals surface area contributed by atoms with Crippen LogP contribution in [-0.4, -0.2) is 36.4 Å². The number of carboxylic acids is 1. The lowest BCUT2D eigenvalue weighted by atomic mass is 10.1. The highest BCUT2D eigenvalue weighted by atomic mass is 35.5. The number of hydrogen-bond acceptors (Lipinski definition) is 4. The number of nitrogens with one attached hydrogen (secondary N) is 1. The van der Waals surface area contributed by atoms with Gasteiger partial charge in [-0.05, 0) is 56.1 Å². The van der Waals surface area contributed by atoms with E-state index >= 15 is 0 Å². The molecule has 3 aromatic rings. The maximum absolute atomic E-state index is 13.4. The fraction of sp³-hybridized carbons (Fsp3) is 0.320. The van der Waals surface area contributed by atoms with Gasteiger partial charge in [0, 0.05) is 41.1 Å². The van der Waals surface area contributed by atoms with Crippen LogP contribution in [0.1, 0.15) is 38.4 Å². The molecule has 0 aliphatic carbocycles. The molecule has 176 valence electrons. The van der Waals surface area contributed by atoms with Gasteiger partial charge in [-0.2, -0.15) is 0 Å². The summed E-state index contributed by atoms with van der Waals surface area (Å²) in [5.41, 5.74) is 4.22. The molecule has 0 spiro atoms. The van der Waals surface area contributed by atoms with Gasteiger partial charge in [-0.3, -0.25) is 0 Å². The van der Waals surface area contributed by atoms with Crippen molar-refractivity contribution in [1.82, 2.24) is 9.88 Å². The average molecular weight is 475 g/mol. The van der Waals surface area contributed by atoms with Gasteiger partial charge in [0.05, 0.1) is 19.8 Å². The van der Waals surface area contributed by atoms with E-state index in [1.165, 1.54) is 12.1 Å². The predicted molar refractivity (Wildman–Crippen MR) is 126 cm³/mol. The van der Waals surface area contributed by atoms with Gasteiger partial charge in [-0.1, -0.05) is 23.7 Å². The van der Waals surface area contributed by atoms with Gasteiger partial charge in [0.25, 0.3) is 0 Å². The predicted octanol–water partition coefficient (Wildman–Crippen LogP) is 4.99. The first-order valence-electron chi connectivity index (χ1n) is 10.5. The zero-order chi connectivity index (χ0) is 24.1. The summed E-state index contributed by atoms with van der Waals surface area (Å²) < 4.78 is 26.0. The summed E-state index contributed by atoms with van der Waals surface area (Å²) in [5, 5.41) is 13.5. The van der Waals surface area contributed by atoms with E-state index in [1.54, 1.807) is 27.2 Å². The molecule has 0 fully saturated rings. The van der Waals surface area contributed by atoms with Gasteiger partial charge in [-0.15, -0.1) is 0 Å². The number of benzene rings is 2. The molecule has 0 unspecified atom stereocenters. The molecule has 8 heteroatoms. The lowest BCUT2D eigenvalue weighted by Gasteiger charge is -2.12. The third-order valence-corrected chi connectivity index (χ3v) is 6.19. The summed E-state index contributed by atoms with van der Waals surface area (Å²) in [4.78, 5) is 12.0. The maximum atomic E-state index is 13.4. The summed E-state index contributed by atoms with van der Waals surface area (Å²) in [7, 11) is 3.23. The number of nitrogens with zero attached hydrogens (tertiary/aromatic N) is 1. The van der Waals surface area contributed by atoms with Crippen LogP contribution in [0.3, 0.4) is 0 Å². The molecule has 1 heterocycles. The Kier molecular flexibility index (Phi) is 8.00. The van der Waals surface area contributed by atoms with Crippen LogP contribution in [0.4, 0.5) is 4.39 Å². The lowest BCUT2D eigenvalue weighted by molar-refractivity contribution is 0.0694. The molecule has 3 rings (SSSR count). The second-order valence-corrected chi connectivity index (χ2v) is 8.16. The van der Waals surface area contributed by atoms with Gasteiger partial charge in [0.1, 0.15) is 17.3 Å². The first-order chi connectivity index (χ1) is 15.8. The van der Waals surface area contributed by atoms with Crippen LogP contribution in [0, 0.1) is 19.7 Å². The zero-order valence-electron chi connectivity index (χ0n) is 19.2. The van der Waals surface area contributed by atoms with E-state index in [4.69, 9.17) is 21.1 Å². The second-order valence-electron chi connectivity index (χ2n) is 7.76. The highest BCUT2D eigenvalue weighted by Gasteiger charge is 2.23. The van der Waals surface area contributed by atoms with E-state index < -0.39 is 11.8 Å². The van der Waals surface area contributed by atoms with Crippen LogP contribution in [0.25, 0.3) is 0 Å². The van der Waals surface area contributed by atoms with Crippen LogP contribution < -0.4 is 14.8 Å². The number of aromatic carboxylic acids is 1. The number of methoxy groups -OCH3 is 2. The third kappa shape index (κ3) is 5.49. The molecule has 0 atom stereocenters. The van der Waals surface area contributed by atoms with E-state index in [9.17, 15) is 14.3 Å². The van der Waals surface area contributed by atoms with E-state index in [2.05, 4.69) is 5.32 Å². The average Bonchev–Trinajstić information content (AvgIpc) is 3.02. The normalized spacial score (nSPS) is 11.0. The molecule has 2 N–H and O–H groups in total. The monoisotopic (exact) mass is 474 g/mol. The summed E-state index contributed by atoms with van der Waals surface area (Å²) in [6, 6.07) is 9.92. The fourth-order valence-electron chi connectivity index (χ4n) is 4.00. The first kappa shape index (κ1) is 24.6. The largest absolute Gasteiger partial charge is 0.497 e. The van der Waals surface area contributed by atoms with Crippen molar-refractivity contribution in [3.63, 3.8) is 0 Å². The standard InChI is InChI=1S/C25H28ClFN2O4/c1-15-21(13-28-10-9-17-6-8-20(32-3)12-23(17)33-4)24(25(30)31)16(2)29(15)14-18-5-7-19(27)11-22(18)26/h5-8,11-12,28H,9-10,13-14H2,1-4H3,(H,30,31). The Morgan fingerprint density at radius 2 is 1.82 bits per heavy atom. The topological polar surface area (TPSA) is 72.7 Å². The maximum Gasteiger partial charge on any atom is 0.337 e. The Hall–Kier alpha value is -3.03. The molecular weight excluding hydrogens is 447 g/mol. The molecule has 0 radical (unpaired) electrons. The summed E-state index contributed by atoms with van der Waals surface area (Å²) in [5.74, 6) is 0.0857. The van der Waals surface area contributed by atoms with Gasteiger partial charge >= 0.3 is 5.97 Å². The van der Waals surface area contributed by atoms with Crippen LogP contribution >= 0.6 is 11.6 Å². The molecule has 0 aliphatic rings. The van der Waals surface area contributed by atoms with E-state index in [-0.39, 0.29) is 5.56 Å². The minimum Gasteiger partial charge on any atom is -0.497 e. The van der Waals surface area contributed by atoms with Gasteiger partial charge in [0.2, 0.25) is 0 Å². The minimum absolute atomic E-state index is 0.278. The van der Waals surface area contributed by atoms with Crippen LogP contribution in [0.15, 0.2) is 36.4 Å². The number of hydrogen-bond donors (Lipinski definition) is 2. The lowest BCUT2D eigenvalue weighted by Crippen LogP contribution is -2.19. The van der Waals surface area contributed by atoms with Crippen molar-refractivity contribution >= 4 is 17.6 Å². The Morgan fingerprint density at radius 1 is 1.09 bits per heavy atom. The van der Waals surface area contributed by atoms with Crippen molar-refractivity contribution in [3.8, 4) is 11.5 Å². The molecule has 33 heavy (non-hydrogen) atoms. The van der Waals surface area contributed by atoms with E-state index in [1.807, 2.05) is 29.7 Å². The number of halogens is 2. The molecule has 0 bridgehead atoms. The van der Waals surface area contributed by atoms with Crippen LogP contribution in [0.5, 0.6) is 11.5 Å². The third-order valence-electron chi connectivity index (χ3n) is 5.83. The smallest absolute Gasteiger partial charge is 0.337 e. The molecule has 0 saturated carbocycles. The first-order valence-corrected chi connectivity index (χ1v) is 10.9. The van der Waals surface area contributed by atoms with Crippen LogP contribution in [-0.2, 0) is 19.5 Å². The number of carbonyl (C=O) groups is 1. The van der Waals surface area contributed by atoms with Crippen molar-refractivity contribution in [2.75, 3.05) is 20.8 Å². The Balaban J connectivity index is 1.76. The highest BCUT2D eigenvalue weighted by Crippen LogP contribution is 2.27. The molecule has 0 aliphatic heterocycles. The highest BCUT2D eigenvalue weighted by molar-refractivity contribution is 6.31. The minimum atomic E-state index is -0.979. The zero-order valence-corrected chi connectivity index (χ0v) is 19.9. The Morgan fingerprint density at radius 3 is 2.45 bits per heavy atom. The van der Waals surface area contributed by atoms with Crippen LogP contribution in [0.2, 0.25) is 5.02 Å². The number of ether oxygens (including phenoxy) is 2.